The molecule has 3 heteroatoms. The second-order valence-corrected chi connectivity index (χ2v) is 6.02. The van der Waals surface area contributed by atoms with Crippen LogP contribution in [0.25, 0.3) is 0 Å². The normalized spacial score (nSPS) is 12.6. The third-order valence-corrected chi connectivity index (χ3v) is 3.93. The first-order valence-corrected chi connectivity index (χ1v) is 8.83. The SMILES string of the molecule is CCCCCCCC(CCCC)N/N=C/c1ccc(O)cc1. The van der Waals surface area contributed by atoms with Crippen molar-refractivity contribution in [2.45, 2.75) is 77.7 Å². The molecule has 1 atom stereocenters. The van der Waals surface area contributed by atoms with Crippen molar-refractivity contribution >= 4 is 6.21 Å². The van der Waals surface area contributed by atoms with Gasteiger partial charge in [-0.3, -0.25) is 0 Å². The van der Waals surface area contributed by atoms with Gasteiger partial charge in [0, 0.05) is 6.04 Å². The first-order valence-electron chi connectivity index (χ1n) is 8.83. The maximum atomic E-state index is 9.27. The molecule has 0 amide bonds. The number of phenolic OH excluding ortho intramolecular Hbond substituents is 1. The fraction of sp³-hybridized carbons (Fsp3) is 0.632. The number of aromatic hydroxyl groups is 1. The number of nitrogens with zero attached hydrogens (tertiary/aromatic N) is 1. The largest absolute Gasteiger partial charge is 0.508 e. The molecule has 22 heavy (non-hydrogen) atoms. The Balaban J connectivity index is 2.34. The Kier molecular flexibility index (Phi) is 10.2. The summed E-state index contributed by atoms with van der Waals surface area (Å²) in [7, 11) is 0. The summed E-state index contributed by atoms with van der Waals surface area (Å²) in [6.07, 6.45) is 13.3. The lowest BCUT2D eigenvalue weighted by atomic mass is 10.0. The minimum absolute atomic E-state index is 0.290. The third-order valence-electron chi connectivity index (χ3n) is 3.93. The molecule has 0 spiro atoms. The van der Waals surface area contributed by atoms with Crippen molar-refractivity contribution < 1.29 is 5.11 Å². The van der Waals surface area contributed by atoms with Crippen molar-refractivity contribution in [3.8, 4) is 5.75 Å². The van der Waals surface area contributed by atoms with E-state index in [2.05, 4.69) is 24.4 Å². The fourth-order valence-electron chi connectivity index (χ4n) is 2.50. The van der Waals surface area contributed by atoms with E-state index in [1.165, 1.54) is 57.8 Å². The average Bonchev–Trinajstić information content (AvgIpc) is 2.53. The van der Waals surface area contributed by atoms with Crippen LogP contribution in [0.5, 0.6) is 5.75 Å². The van der Waals surface area contributed by atoms with Crippen LogP contribution in [0.15, 0.2) is 29.4 Å². The van der Waals surface area contributed by atoms with Crippen molar-refractivity contribution in [1.82, 2.24) is 5.43 Å². The zero-order valence-corrected chi connectivity index (χ0v) is 14.2. The highest BCUT2D eigenvalue weighted by Gasteiger charge is 2.06. The van der Waals surface area contributed by atoms with Gasteiger partial charge in [-0.2, -0.15) is 5.10 Å². The molecule has 0 radical (unpaired) electrons. The van der Waals surface area contributed by atoms with Crippen LogP contribution in [0.3, 0.4) is 0 Å². The Morgan fingerprint density at radius 3 is 2.27 bits per heavy atom. The lowest BCUT2D eigenvalue weighted by molar-refractivity contribution is 0.430. The van der Waals surface area contributed by atoms with Gasteiger partial charge in [-0.25, -0.2) is 0 Å². The van der Waals surface area contributed by atoms with Gasteiger partial charge in [0.1, 0.15) is 5.75 Å². The third kappa shape index (κ3) is 8.71. The van der Waals surface area contributed by atoms with E-state index in [9.17, 15) is 5.11 Å². The minimum atomic E-state index is 0.290. The van der Waals surface area contributed by atoms with E-state index in [0.717, 1.165) is 5.56 Å². The van der Waals surface area contributed by atoms with Crippen LogP contribution in [0.2, 0.25) is 0 Å². The summed E-state index contributed by atoms with van der Waals surface area (Å²) < 4.78 is 0. The van der Waals surface area contributed by atoms with Gasteiger partial charge >= 0.3 is 0 Å². The number of hydrogen-bond donors (Lipinski definition) is 2. The highest BCUT2D eigenvalue weighted by Crippen LogP contribution is 2.12. The smallest absolute Gasteiger partial charge is 0.115 e. The standard InChI is InChI=1S/C19H32N2O/c1-3-5-7-8-9-11-18(10-6-4-2)21-20-16-17-12-14-19(22)15-13-17/h12-16,18,21-22H,3-11H2,1-2H3/b20-16+. The molecule has 0 aromatic heterocycles. The highest BCUT2D eigenvalue weighted by molar-refractivity contribution is 5.79. The maximum absolute atomic E-state index is 9.27. The van der Waals surface area contributed by atoms with Crippen molar-refractivity contribution in [3.63, 3.8) is 0 Å². The van der Waals surface area contributed by atoms with E-state index in [1.54, 1.807) is 12.1 Å². The van der Waals surface area contributed by atoms with Crippen LogP contribution in [0.4, 0.5) is 0 Å². The Morgan fingerprint density at radius 2 is 1.59 bits per heavy atom. The molecule has 1 unspecified atom stereocenters. The topological polar surface area (TPSA) is 44.6 Å². The number of hydrazone groups is 1. The Bertz CT molecular complexity index is 400. The second-order valence-electron chi connectivity index (χ2n) is 6.02. The van der Waals surface area contributed by atoms with Gasteiger partial charge in [0.2, 0.25) is 0 Å². The summed E-state index contributed by atoms with van der Waals surface area (Å²) in [5.74, 6) is 0.290. The number of rotatable bonds is 12. The van der Waals surface area contributed by atoms with E-state index in [0.29, 0.717) is 6.04 Å². The molecule has 1 rings (SSSR count). The van der Waals surface area contributed by atoms with E-state index in [4.69, 9.17) is 0 Å². The van der Waals surface area contributed by atoms with Gasteiger partial charge < -0.3 is 10.5 Å². The number of nitrogens with one attached hydrogen (secondary N) is 1. The number of phenols is 1. The molecule has 0 aliphatic rings. The summed E-state index contributed by atoms with van der Waals surface area (Å²) in [4.78, 5) is 0. The lowest BCUT2D eigenvalue weighted by Crippen LogP contribution is -2.24. The Morgan fingerprint density at radius 1 is 0.955 bits per heavy atom. The van der Waals surface area contributed by atoms with Gasteiger partial charge in [0.05, 0.1) is 6.21 Å². The Hall–Kier alpha value is -1.51. The van der Waals surface area contributed by atoms with Crippen LogP contribution >= 0.6 is 0 Å². The fourth-order valence-corrected chi connectivity index (χ4v) is 2.50. The van der Waals surface area contributed by atoms with Crippen molar-refractivity contribution in [2.24, 2.45) is 5.10 Å². The van der Waals surface area contributed by atoms with E-state index < -0.39 is 0 Å². The second kappa shape index (κ2) is 12.1. The summed E-state index contributed by atoms with van der Waals surface area (Å²) >= 11 is 0. The van der Waals surface area contributed by atoms with Gasteiger partial charge in [0.15, 0.2) is 0 Å². The van der Waals surface area contributed by atoms with Crippen LogP contribution in [-0.2, 0) is 0 Å². The molecule has 0 bridgehead atoms. The predicted molar refractivity (Wildman–Crippen MR) is 95.5 cm³/mol. The average molecular weight is 304 g/mol. The first-order chi connectivity index (χ1) is 10.8. The predicted octanol–water partition coefficient (Wildman–Crippen LogP) is 5.24. The first kappa shape index (κ1) is 18.5. The molecule has 0 aliphatic carbocycles. The summed E-state index contributed by atoms with van der Waals surface area (Å²) in [5, 5.41) is 13.6. The minimum Gasteiger partial charge on any atom is -0.508 e. The molecule has 0 fully saturated rings. The molecule has 124 valence electrons. The van der Waals surface area contributed by atoms with Crippen molar-refractivity contribution in [2.75, 3.05) is 0 Å². The molecule has 0 saturated heterocycles. The van der Waals surface area contributed by atoms with Crippen molar-refractivity contribution in [1.29, 1.82) is 0 Å². The number of hydrogen-bond acceptors (Lipinski definition) is 3. The lowest BCUT2D eigenvalue weighted by Gasteiger charge is -2.16. The molecule has 3 nitrogen and oxygen atoms in total. The molecule has 1 aromatic carbocycles. The van der Waals surface area contributed by atoms with Crippen LogP contribution < -0.4 is 5.43 Å². The van der Waals surface area contributed by atoms with E-state index in [1.807, 2.05) is 18.3 Å². The van der Waals surface area contributed by atoms with Gasteiger partial charge in [-0.15, -0.1) is 0 Å². The molecule has 1 aromatic rings. The van der Waals surface area contributed by atoms with Gasteiger partial charge in [-0.1, -0.05) is 58.8 Å². The molecule has 0 heterocycles. The number of unbranched alkanes of at least 4 members (excludes halogenated alkanes) is 5. The summed E-state index contributed by atoms with van der Waals surface area (Å²) in [6, 6.07) is 7.58. The van der Waals surface area contributed by atoms with Crippen LogP contribution in [0, 0.1) is 0 Å². The summed E-state index contributed by atoms with van der Waals surface area (Å²) in [6.45, 7) is 4.49. The molecule has 2 N–H and O–H groups in total. The monoisotopic (exact) mass is 304 g/mol. The molecule has 0 saturated carbocycles. The van der Waals surface area contributed by atoms with Crippen molar-refractivity contribution in [3.05, 3.63) is 29.8 Å². The molecular formula is C19H32N2O. The van der Waals surface area contributed by atoms with Gasteiger partial charge in [0.25, 0.3) is 0 Å². The summed E-state index contributed by atoms with van der Waals surface area (Å²) in [5.41, 5.74) is 4.32. The zero-order chi connectivity index (χ0) is 16.0. The zero-order valence-electron chi connectivity index (χ0n) is 14.2. The number of benzene rings is 1. The molecular weight excluding hydrogens is 272 g/mol. The quantitative estimate of drug-likeness (QED) is 0.315. The van der Waals surface area contributed by atoms with E-state index >= 15 is 0 Å². The highest BCUT2D eigenvalue weighted by atomic mass is 16.3. The maximum Gasteiger partial charge on any atom is 0.115 e. The van der Waals surface area contributed by atoms with Crippen LogP contribution in [0.1, 0.15) is 77.2 Å². The Labute approximate surface area is 135 Å². The van der Waals surface area contributed by atoms with E-state index in [-0.39, 0.29) is 5.75 Å². The molecule has 0 aliphatic heterocycles. The van der Waals surface area contributed by atoms with Gasteiger partial charge in [-0.05, 0) is 42.7 Å². The van der Waals surface area contributed by atoms with Crippen LogP contribution in [-0.4, -0.2) is 17.4 Å².